The number of methoxy groups -OCH3 is 2. The SMILES string of the molecule is COC(=O)NC(C(=O)N1C[C@H](n2cc(S(C)(C)C)nn2)C[C@H]1c1ncc(-c2ccc(-c3ccc(-c4cnc([C@@H]5C[C@@H](n6cc(S(C)(C)C)nn6)CN5C(=O)[C@@H](NC(=O)OC)C(C)C)[nH]4)cc3)cc2)[nH]1)C(C)C. The maximum absolute atomic E-state index is 14.3. The summed E-state index contributed by atoms with van der Waals surface area (Å²) in [6.45, 7) is 8.30. The molecule has 22 heteroatoms. The van der Waals surface area contributed by atoms with Crippen molar-refractivity contribution < 1.29 is 28.7 Å². The van der Waals surface area contributed by atoms with Crippen LogP contribution in [0.25, 0.3) is 33.6 Å². The van der Waals surface area contributed by atoms with Gasteiger partial charge in [0.15, 0.2) is 0 Å². The number of aromatic amines is 2. The lowest BCUT2D eigenvalue weighted by Crippen LogP contribution is -2.51. The van der Waals surface area contributed by atoms with E-state index in [9.17, 15) is 19.2 Å². The predicted octanol–water partition coefficient (Wildman–Crippen LogP) is 7.21. The lowest BCUT2D eigenvalue weighted by atomic mass is 10.0. The number of benzene rings is 2. The molecule has 2 aliphatic heterocycles. The zero-order chi connectivity index (χ0) is 51.8. The summed E-state index contributed by atoms with van der Waals surface area (Å²) in [5.74, 6) is 0.431. The van der Waals surface area contributed by atoms with Crippen molar-refractivity contribution in [1.29, 1.82) is 0 Å². The largest absolute Gasteiger partial charge is 0.453 e. The quantitative estimate of drug-likeness (QED) is 0.0799. The van der Waals surface area contributed by atoms with Crippen LogP contribution in [-0.2, 0) is 19.1 Å². The van der Waals surface area contributed by atoms with Crippen LogP contribution in [0.1, 0.15) is 76.4 Å². The summed E-state index contributed by atoms with van der Waals surface area (Å²) in [6.07, 6.45) is 20.3. The first-order valence-corrected chi connectivity index (χ1v) is 29.7. The Labute approximate surface area is 423 Å². The molecule has 0 bridgehead atoms. The van der Waals surface area contributed by atoms with Crippen LogP contribution in [0, 0.1) is 11.8 Å². The molecule has 0 spiro atoms. The first-order chi connectivity index (χ1) is 34.1. The Bertz CT molecular complexity index is 2680. The minimum Gasteiger partial charge on any atom is -0.453 e. The molecule has 4 aromatic heterocycles. The molecule has 6 heterocycles. The number of nitrogens with one attached hydrogen (secondary N) is 4. The van der Waals surface area contributed by atoms with E-state index in [1.54, 1.807) is 22.2 Å². The average molecular weight is 1030 g/mol. The number of imidazole rings is 2. The van der Waals surface area contributed by atoms with Gasteiger partial charge in [0, 0.05) is 13.1 Å². The lowest BCUT2D eigenvalue weighted by Gasteiger charge is -2.29. The van der Waals surface area contributed by atoms with E-state index in [0.29, 0.717) is 37.6 Å². The van der Waals surface area contributed by atoms with Crippen LogP contribution in [0.5, 0.6) is 0 Å². The fourth-order valence-electron chi connectivity index (χ4n) is 9.20. The third-order valence-electron chi connectivity index (χ3n) is 13.4. The van der Waals surface area contributed by atoms with Gasteiger partial charge in [-0.05, 0) is 84.5 Å². The number of H-pyrrole nitrogens is 2. The van der Waals surface area contributed by atoms with Gasteiger partial charge in [0.2, 0.25) is 11.8 Å². The van der Waals surface area contributed by atoms with Crippen molar-refractivity contribution in [3.05, 3.63) is 85.0 Å². The number of likely N-dealkylation sites (tertiary alicyclic amines) is 2. The zero-order valence-corrected chi connectivity index (χ0v) is 44.7. The number of carbonyl (C=O) groups is 4. The monoisotopic (exact) mass is 1020 g/mol. The van der Waals surface area contributed by atoms with Crippen molar-refractivity contribution in [3.8, 4) is 33.6 Å². The van der Waals surface area contributed by atoms with Gasteiger partial charge in [0.05, 0.1) is 74.6 Å². The first kappa shape index (κ1) is 51.7. The molecule has 6 atom stereocenters. The summed E-state index contributed by atoms with van der Waals surface area (Å²) in [5.41, 5.74) is 5.49. The number of aromatic nitrogens is 10. The minimum absolute atomic E-state index is 0.154. The normalized spacial score (nSPS) is 19.6. The number of rotatable bonds is 15. The Balaban J connectivity index is 0.991. The summed E-state index contributed by atoms with van der Waals surface area (Å²) < 4.78 is 13.5. The van der Waals surface area contributed by atoms with E-state index in [0.717, 1.165) is 43.7 Å². The standard InChI is InChI=1S/C50H68N14O6S2/c1-29(2)43(55-49(67)69-5)47(65)61-25-35(63-27-41(57-59-63)71(7,8)9)21-39(61)45-51-23-37(53-45)33-17-13-31(14-18-33)32-15-19-34(20-16-32)38-24-52-46(54-38)40-22-36(64-28-42(58-60-64)72(10,11)12)26-62(40)48(66)44(30(3)4)56-50(68)70-6/h13-20,23-24,27-30,35-36,39-40,43-44H,21-22,25-26H2,1-12H3,(H,51,53)(H,52,54)(H,55,67)(H,56,68)/t35-,36-,39+,40+,43+,44?/m1/s1. The molecule has 20 nitrogen and oxygen atoms in total. The molecule has 386 valence electrons. The highest BCUT2D eigenvalue weighted by molar-refractivity contribution is 8.32. The third-order valence-corrected chi connectivity index (χ3v) is 16.3. The molecule has 8 rings (SSSR count). The fourth-order valence-corrected chi connectivity index (χ4v) is 10.6. The van der Waals surface area contributed by atoms with Gasteiger partial charge in [-0.15, -0.1) is 10.2 Å². The Kier molecular flexibility index (Phi) is 14.9. The van der Waals surface area contributed by atoms with Crippen molar-refractivity contribution >= 4 is 44.1 Å². The number of ether oxygens (including phenoxy) is 2. The van der Waals surface area contributed by atoms with Gasteiger partial charge in [-0.25, -0.2) is 49.0 Å². The summed E-state index contributed by atoms with van der Waals surface area (Å²) >= 11 is 0. The van der Waals surface area contributed by atoms with Crippen LogP contribution in [0.4, 0.5) is 9.59 Å². The molecule has 4 amide bonds. The van der Waals surface area contributed by atoms with Gasteiger partial charge < -0.3 is 39.9 Å². The summed E-state index contributed by atoms with van der Waals surface area (Å²) in [5, 5.41) is 25.3. The number of alkyl carbamates (subject to hydrolysis) is 2. The number of hydrogen-bond donors (Lipinski definition) is 4. The number of hydrogen-bond acceptors (Lipinski definition) is 12. The van der Waals surface area contributed by atoms with Crippen molar-refractivity contribution in [2.75, 3.05) is 64.8 Å². The first-order valence-electron chi connectivity index (χ1n) is 23.9. The predicted molar refractivity (Wildman–Crippen MR) is 279 cm³/mol. The highest BCUT2D eigenvalue weighted by atomic mass is 32.3. The van der Waals surface area contributed by atoms with Crippen LogP contribution in [0.15, 0.2) is 83.4 Å². The van der Waals surface area contributed by atoms with Crippen LogP contribution in [0.2, 0.25) is 0 Å². The number of carbonyl (C=O) groups excluding carboxylic acids is 4. The van der Waals surface area contributed by atoms with Gasteiger partial charge in [-0.1, -0.05) is 86.7 Å². The Morgan fingerprint density at radius 2 is 0.931 bits per heavy atom. The molecule has 2 fully saturated rings. The Morgan fingerprint density at radius 1 is 0.583 bits per heavy atom. The van der Waals surface area contributed by atoms with Crippen molar-refractivity contribution in [2.24, 2.45) is 11.8 Å². The highest BCUT2D eigenvalue weighted by Gasteiger charge is 2.44. The van der Waals surface area contributed by atoms with Crippen LogP contribution in [-0.4, -0.2) is 161 Å². The maximum atomic E-state index is 14.3. The second-order valence-electron chi connectivity index (χ2n) is 20.8. The molecule has 2 saturated heterocycles. The molecule has 1 unspecified atom stereocenters. The molecule has 4 N–H and O–H groups in total. The number of nitrogens with zero attached hydrogens (tertiary/aromatic N) is 10. The van der Waals surface area contributed by atoms with Gasteiger partial charge >= 0.3 is 12.2 Å². The third kappa shape index (κ3) is 11.0. The zero-order valence-electron chi connectivity index (χ0n) is 43.1. The van der Waals surface area contributed by atoms with Gasteiger partial charge in [0.25, 0.3) is 0 Å². The molecule has 0 saturated carbocycles. The summed E-state index contributed by atoms with van der Waals surface area (Å²) in [4.78, 5) is 73.5. The van der Waals surface area contributed by atoms with E-state index in [-0.39, 0.29) is 35.7 Å². The second-order valence-corrected chi connectivity index (χ2v) is 29.0. The molecule has 0 aliphatic carbocycles. The summed E-state index contributed by atoms with van der Waals surface area (Å²) in [7, 11) is 0.334. The molecule has 0 radical (unpaired) electrons. The fraction of sp³-hybridized carbons (Fsp3) is 0.480. The molecule has 2 aliphatic rings. The lowest BCUT2D eigenvalue weighted by molar-refractivity contribution is -0.136. The Morgan fingerprint density at radius 3 is 1.24 bits per heavy atom. The smallest absolute Gasteiger partial charge is 0.407 e. The van der Waals surface area contributed by atoms with Gasteiger partial charge in [0.1, 0.15) is 33.8 Å². The molecular weight excluding hydrogens is 957 g/mol. The van der Waals surface area contributed by atoms with E-state index >= 15 is 0 Å². The van der Waals surface area contributed by atoms with Crippen LogP contribution < -0.4 is 10.6 Å². The van der Waals surface area contributed by atoms with E-state index < -0.39 is 56.4 Å². The van der Waals surface area contributed by atoms with Crippen LogP contribution >= 0.6 is 20.1 Å². The molecule has 6 aromatic rings. The second kappa shape index (κ2) is 20.8. The summed E-state index contributed by atoms with van der Waals surface area (Å²) in [6, 6.07) is 13.7. The van der Waals surface area contributed by atoms with Crippen molar-refractivity contribution in [3.63, 3.8) is 0 Å². The van der Waals surface area contributed by atoms with Crippen molar-refractivity contribution in [2.45, 2.75) is 86.8 Å². The Hall–Kier alpha value is -6.68. The maximum Gasteiger partial charge on any atom is 0.407 e. The molecule has 72 heavy (non-hydrogen) atoms. The number of amides is 4. The van der Waals surface area contributed by atoms with E-state index in [1.807, 2.05) is 73.7 Å². The van der Waals surface area contributed by atoms with Crippen LogP contribution in [0.3, 0.4) is 0 Å². The highest BCUT2D eigenvalue weighted by Crippen LogP contribution is 2.46. The van der Waals surface area contributed by atoms with Gasteiger partial charge in [-0.2, -0.15) is 0 Å². The van der Waals surface area contributed by atoms with Gasteiger partial charge in [-0.3, -0.25) is 9.59 Å². The average Bonchev–Trinajstić information content (AvgIpc) is 4.21. The van der Waals surface area contributed by atoms with E-state index in [2.05, 4.69) is 103 Å². The molecule has 2 aromatic carbocycles. The minimum atomic E-state index is -1.12. The van der Waals surface area contributed by atoms with Crippen molar-refractivity contribution in [1.82, 2.24) is 70.4 Å². The van der Waals surface area contributed by atoms with E-state index in [1.165, 1.54) is 14.2 Å². The van der Waals surface area contributed by atoms with E-state index in [4.69, 9.17) is 19.4 Å². The topological polar surface area (TPSA) is 236 Å². The molecular formula is C50H68N14O6S2.